The van der Waals surface area contributed by atoms with Crippen molar-refractivity contribution in [2.45, 2.75) is 53.0 Å². The lowest BCUT2D eigenvalue weighted by Crippen LogP contribution is -2.24. The van der Waals surface area contributed by atoms with Crippen molar-refractivity contribution in [2.24, 2.45) is 0 Å². The largest absolute Gasteiger partial charge is 0.493 e. The fourth-order valence-corrected chi connectivity index (χ4v) is 1.78. The van der Waals surface area contributed by atoms with Crippen LogP contribution < -0.4 is 10.1 Å². The molecule has 1 aromatic carbocycles. The van der Waals surface area contributed by atoms with Crippen molar-refractivity contribution in [2.75, 3.05) is 13.2 Å². The maximum atomic E-state index is 5.87. The molecule has 0 saturated heterocycles. The Bertz CT molecular complexity index is 358. The maximum absolute atomic E-state index is 5.87. The Hall–Kier alpha value is -1.02. The van der Waals surface area contributed by atoms with Crippen molar-refractivity contribution in [3.63, 3.8) is 0 Å². The second-order valence-corrected chi connectivity index (χ2v) is 5.49. The van der Waals surface area contributed by atoms with E-state index in [0.717, 1.165) is 25.3 Å². The average Bonchev–Trinajstić information content (AvgIpc) is 2.30. The highest BCUT2D eigenvalue weighted by molar-refractivity contribution is 5.37. The molecule has 0 aliphatic carbocycles. The highest BCUT2D eigenvalue weighted by atomic mass is 16.5. The molecular weight excluding hydrogens is 222 g/mol. The molecule has 0 fully saturated rings. The molecule has 0 unspecified atom stereocenters. The summed E-state index contributed by atoms with van der Waals surface area (Å²) in [5.41, 5.74) is 2.56. The Morgan fingerprint density at radius 1 is 1.17 bits per heavy atom. The molecule has 1 rings (SSSR count). The van der Waals surface area contributed by atoms with Gasteiger partial charge in [0, 0.05) is 6.04 Å². The Morgan fingerprint density at radius 3 is 2.50 bits per heavy atom. The van der Waals surface area contributed by atoms with Gasteiger partial charge in [-0.05, 0) is 43.0 Å². The molecule has 2 nitrogen and oxygen atoms in total. The Morgan fingerprint density at radius 2 is 1.89 bits per heavy atom. The Labute approximate surface area is 112 Å². The Balaban J connectivity index is 2.43. The van der Waals surface area contributed by atoms with Gasteiger partial charge < -0.3 is 10.1 Å². The molecule has 0 bridgehead atoms. The van der Waals surface area contributed by atoms with E-state index in [1.54, 1.807) is 0 Å². The topological polar surface area (TPSA) is 21.3 Å². The van der Waals surface area contributed by atoms with Crippen LogP contribution in [-0.2, 0) is 0 Å². The number of ether oxygens (including phenoxy) is 1. The van der Waals surface area contributed by atoms with Gasteiger partial charge in [0.25, 0.3) is 0 Å². The summed E-state index contributed by atoms with van der Waals surface area (Å²) in [4.78, 5) is 0. The second kappa shape index (κ2) is 7.42. The third kappa shape index (κ3) is 5.09. The molecule has 0 aliphatic rings. The van der Waals surface area contributed by atoms with Crippen molar-refractivity contribution < 1.29 is 4.74 Å². The van der Waals surface area contributed by atoms with Crippen molar-refractivity contribution in [1.29, 1.82) is 0 Å². The molecule has 0 spiro atoms. The first-order valence-corrected chi connectivity index (χ1v) is 6.97. The van der Waals surface area contributed by atoms with Gasteiger partial charge in [0.15, 0.2) is 0 Å². The zero-order chi connectivity index (χ0) is 13.5. The first kappa shape index (κ1) is 15.0. The van der Waals surface area contributed by atoms with E-state index in [0.29, 0.717) is 12.0 Å². The van der Waals surface area contributed by atoms with Crippen LogP contribution in [0.15, 0.2) is 18.2 Å². The van der Waals surface area contributed by atoms with E-state index in [-0.39, 0.29) is 0 Å². The maximum Gasteiger partial charge on any atom is 0.122 e. The summed E-state index contributed by atoms with van der Waals surface area (Å²) in [5, 5.41) is 3.40. The molecule has 1 aromatic rings. The Kier molecular flexibility index (Phi) is 6.20. The molecule has 2 heteroatoms. The van der Waals surface area contributed by atoms with Gasteiger partial charge in [0.2, 0.25) is 0 Å². The molecule has 0 saturated carbocycles. The molecular formula is C16H27NO. The molecule has 0 aliphatic heterocycles. The summed E-state index contributed by atoms with van der Waals surface area (Å²) >= 11 is 0. The van der Waals surface area contributed by atoms with Crippen LogP contribution in [0, 0.1) is 6.92 Å². The summed E-state index contributed by atoms with van der Waals surface area (Å²) in [5.74, 6) is 1.58. The van der Waals surface area contributed by atoms with Gasteiger partial charge in [-0.15, -0.1) is 0 Å². The van der Waals surface area contributed by atoms with Crippen LogP contribution in [0.2, 0.25) is 0 Å². The number of rotatable bonds is 7. The van der Waals surface area contributed by atoms with Gasteiger partial charge in [-0.2, -0.15) is 0 Å². The standard InChI is InChI=1S/C16H27NO/c1-12(2)15-8-7-14(5)16(11-15)18-10-6-9-17-13(3)4/h7-8,11-13,17H,6,9-10H2,1-5H3. The molecule has 0 aromatic heterocycles. The highest BCUT2D eigenvalue weighted by Gasteiger charge is 2.04. The summed E-state index contributed by atoms with van der Waals surface area (Å²) < 4.78 is 5.87. The molecule has 0 amide bonds. The fraction of sp³-hybridized carbons (Fsp3) is 0.625. The predicted molar refractivity (Wildman–Crippen MR) is 78.5 cm³/mol. The van der Waals surface area contributed by atoms with Gasteiger partial charge in [-0.3, -0.25) is 0 Å². The summed E-state index contributed by atoms with van der Waals surface area (Å²) in [7, 11) is 0. The number of hydrogen-bond donors (Lipinski definition) is 1. The second-order valence-electron chi connectivity index (χ2n) is 5.49. The average molecular weight is 249 g/mol. The lowest BCUT2D eigenvalue weighted by Gasteiger charge is -2.13. The minimum Gasteiger partial charge on any atom is -0.493 e. The summed E-state index contributed by atoms with van der Waals surface area (Å²) in [6.45, 7) is 12.6. The first-order valence-electron chi connectivity index (χ1n) is 6.97. The normalized spacial score (nSPS) is 11.3. The van der Waals surface area contributed by atoms with E-state index in [2.05, 4.69) is 58.1 Å². The smallest absolute Gasteiger partial charge is 0.122 e. The summed E-state index contributed by atoms with van der Waals surface area (Å²) in [6.07, 6.45) is 1.05. The number of nitrogens with one attached hydrogen (secondary N) is 1. The minimum atomic E-state index is 0.551. The van der Waals surface area contributed by atoms with Crippen LogP contribution in [0.25, 0.3) is 0 Å². The quantitative estimate of drug-likeness (QED) is 0.740. The molecule has 1 N–H and O–H groups in total. The monoisotopic (exact) mass is 249 g/mol. The SMILES string of the molecule is Cc1ccc(C(C)C)cc1OCCCNC(C)C. The van der Waals surface area contributed by atoms with Crippen LogP contribution in [0.4, 0.5) is 0 Å². The van der Waals surface area contributed by atoms with E-state index in [4.69, 9.17) is 4.74 Å². The van der Waals surface area contributed by atoms with Crippen LogP contribution in [0.5, 0.6) is 5.75 Å². The minimum absolute atomic E-state index is 0.551. The lowest BCUT2D eigenvalue weighted by molar-refractivity contribution is 0.304. The summed E-state index contributed by atoms with van der Waals surface area (Å²) in [6, 6.07) is 7.07. The molecule has 0 heterocycles. The van der Waals surface area contributed by atoms with Crippen molar-refractivity contribution in [1.82, 2.24) is 5.32 Å². The van der Waals surface area contributed by atoms with Crippen molar-refractivity contribution >= 4 is 0 Å². The first-order chi connectivity index (χ1) is 8.50. The van der Waals surface area contributed by atoms with Gasteiger partial charge in [0.1, 0.15) is 5.75 Å². The molecule has 0 atom stereocenters. The third-order valence-electron chi connectivity index (χ3n) is 3.01. The highest BCUT2D eigenvalue weighted by Crippen LogP contribution is 2.24. The van der Waals surface area contributed by atoms with Gasteiger partial charge in [-0.1, -0.05) is 39.8 Å². The van der Waals surface area contributed by atoms with E-state index in [9.17, 15) is 0 Å². The zero-order valence-electron chi connectivity index (χ0n) is 12.4. The molecule has 0 radical (unpaired) electrons. The molecule has 102 valence electrons. The van der Waals surface area contributed by atoms with E-state index < -0.39 is 0 Å². The van der Waals surface area contributed by atoms with E-state index in [1.165, 1.54) is 11.1 Å². The van der Waals surface area contributed by atoms with Crippen molar-refractivity contribution in [3.05, 3.63) is 29.3 Å². The fourth-order valence-electron chi connectivity index (χ4n) is 1.78. The lowest BCUT2D eigenvalue weighted by atomic mass is 10.0. The third-order valence-corrected chi connectivity index (χ3v) is 3.01. The van der Waals surface area contributed by atoms with Crippen molar-refractivity contribution in [3.8, 4) is 5.75 Å². The number of benzene rings is 1. The van der Waals surface area contributed by atoms with Crippen LogP contribution in [-0.4, -0.2) is 19.2 Å². The van der Waals surface area contributed by atoms with E-state index in [1.807, 2.05) is 0 Å². The van der Waals surface area contributed by atoms with Gasteiger partial charge in [-0.25, -0.2) is 0 Å². The van der Waals surface area contributed by atoms with Crippen LogP contribution in [0.1, 0.15) is 51.2 Å². The predicted octanol–water partition coefficient (Wildman–Crippen LogP) is 3.89. The number of hydrogen-bond acceptors (Lipinski definition) is 2. The van der Waals surface area contributed by atoms with Gasteiger partial charge >= 0.3 is 0 Å². The van der Waals surface area contributed by atoms with E-state index >= 15 is 0 Å². The number of aryl methyl sites for hydroxylation is 1. The molecule has 18 heavy (non-hydrogen) atoms. The van der Waals surface area contributed by atoms with Crippen LogP contribution in [0.3, 0.4) is 0 Å². The van der Waals surface area contributed by atoms with Gasteiger partial charge in [0.05, 0.1) is 6.61 Å². The zero-order valence-corrected chi connectivity index (χ0v) is 12.4. The van der Waals surface area contributed by atoms with Crippen LogP contribution >= 0.6 is 0 Å².